The number of amides is 3. The third-order valence-corrected chi connectivity index (χ3v) is 6.20. The first kappa shape index (κ1) is 21.2. The second-order valence-electron chi connectivity index (χ2n) is 8.47. The number of carbonyl (C=O) groups is 3. The maximum atomic E-state index is 12.6. The molecule has 0 radical (unpaired) electrons. The van der Waals surface area contributed by atoms with E-state index in [4.69, 9.17) is 0 Å². The fourth-order valence-electron chi connectivity index (χ4n) is 4.46. The van der Waals surface area contributed by atoms with Gasteiger partial charge in [0.05, 0.1) is 11.1 Å². The summed E-state index contributed by atoms with van der Waals surface area (Å²) in [6.45, 7) is 4.50. The molecule has 2 heterocycles. The van der Waals surface area contributed by atoms with Crippen LogP contribution in [0, 0.1) is 6.92 Å². The molecule has 1 atom stereocenters. The van der Waals surface area contributed by atoms with E-state index >= 15 is 0 Å². The van der Waals surface area contributed by atoms with Gasteiger partial charge in [-0.15, -0.1) is 0 Å². The molecule has 31 heavy (non-hydrogen) atoms. The first-order valence-electron chi connectivity index (χ1n) is 11.0. The number of carbonyl (C=O) groups excluding carboxylic acids is 3. The third-order valence-electron chi connectivity index (χ3n) is 6.20. The molecule has 1 fully saturated rings. The van der Waals surface area contributed by atoms with Gasteiger partial charge in [-0.3, -0.25) is 24.2 Å². The number of benzene rings is 2. The molecule has 0 spiro atoms. The number of nitrogens with one attached hydrogen (secondary N) is 1. The monoisotopic (exact) mass is 419 g/mol. The van der Waals surface area contributed by atoms with Gasteiger partial charge in [-0.05, 0) is 44.0 Å². The first-order chi connectivity index (χ1) is 15.0. The van der Waals surface area contributed by atoms with Crippen LogP contribution in [-0.2, 0) is 11.3 Å². The van der Waals surface area contributed by atoms with Gasteiger partial charge in [-0.25, -0.2) is 0 Å². The van der Waals surface area contributed by atoms with E-state index in [0.717, 1.165) is 25.1 Å². The van der Waals surface area contributed by atoms with Crippen molar-refractivity contribution in [3.05, 3.63) is 70.8 Å². The van der Waals surface area contributed by atoms with Gasteiger partial charge in [0.25, 0.3) is 11.8 Å². The summed E-state index contributed by atoms with van der Waals surface area (Å²) in [5.41, 5.74) is 3.08. The minimum Gasteiger partial charge on any atom is -0.354 e. The van der Waals surface area contributed by atoms with Gasteiger partial charge in [0.2, 0.25) is 5.91 Å². The maximum Gasteiger partial charge on any atom is 0.261 e. The van der Waals surface area contributed by atoms with Crippen molar-refractivity contribution in [2.45, 2.75) is 45.2 Å². The van der Waals surface area contributed by atoms with Gasteiger partial charge in [0.1, 0.15) is 0 Å². The Morgan fingerprint density at radius 1 is 1.03 bits per heavy atom. The normalized spacial score (nSPS) is 18.9. The molecule has 162 valence electrons. The van der Waals surface area contributed by atoms with E-state index in [9.17, 15) is 14.4 Å². The lowest BCUT2D eigenvalue weighted by molar-refractivity contribution is -0.121. The summed E-state index contributed by atoms with van der Waals surface area (Å²) >= 11 is 0. The van der Waals surface area contributed by atoms with Crippen molar-refractivity contribution in [3.8, 4) is 0 Å². The van der Waals surface area contributed by atoms with Gasteiger partial charge >= 0.3 is 0 Å². The molecule has 1 saturated heterocycles. The molecular weight excluding hydrogens is 390 g/mol. The highest BCUT2D eigenvalue weighted by Gasteiger charge is 2.35. The number of imide groups is 1. The van der Waals surface area contributed by atoms with E-state index in [0.29, 0.717) is 23.7 Å². The predicted molar refractivity (Wildman–Crippen MR) is 119 cm³/mol. The molecule has 4 rings (SSSR count). The van der Waals surface area contributed by atoms with Gasteiger partial charge in [0, 0.05) is 32.1 Å². The van der Waals surface area contributed by atoms with Crippen molar-refractivity contribution in [2.24, 2.45) is 0 Å². The van der Waals surface area contributed by atoms with Crippen LogP contribution in [0.5, 0.6) is 0 Å². The Morgan fingerprint density at radius 2 is 1.81 bits per heavy atom. The highest BCUT2D eigenvalue weighted by Crippen LogP contribution is 2.24. The van der Waals surface area contributed by atoms with Crippen LogP contribution in [0.15, 0.2) is 48.5 Å². The van der Waals surface area contributed by atoms with Crippen molar-refractivity contribution >= 4 is 17.7 Å². The molecule has 3 amide bonds. The highest BCUT2D eigenvalue weighted by atomic mass is 16.2. The Labute approximate surface area is 183 Å². The van der Waals surface area contributed by atoms with E-state index in [-0.39, 0.29) is 30.7 Å². The first-order valence-corrected chi connectivity index (χ1v) is 11.0. The topological polar surface area (TPSA) is 69.7 Å². The zero-order chi connectivity index (χ0) is 21.8. The van der Waals surface area contributed by atoms with Crippen LogP contribution in [0.25, 0.3) is 0 Å². The van der Waals surface area contributed by atoms with Crippen molar-refractivity contribution < 1.29 is 14.4 Å². The van der Waals surface area contributed by atoms with Crippen LogP contribution in [0.3, 0.4) is 0 Å². The van der Waals surface area contributed by atoms with E-state index in [1.54, 1.807) is 12.1 Å². The van der Waals surface area contributed by atoms with Crippen LogP contribution in [0.1, 0.15) is 57.5 Å². The number of nitrogens with zero attached hydrogens (tertiary/aromatic N) is 2. The third kappa shape index (κ3) is 4.85. The van der Waals surface area contributed by atoms with E-state index in [1.165, 1.54) is 23.3 Å². The fraction of sp³-hybridized carbons (Fsp3) is 0.400. The molecule has 2 aliphatic rings. The summed E-state index contributed by atoms with van der Waals surface area (Å²) < 4.78 is 0. The second-order valence-corrected chi connectivity index (χ2v) is 8.47. The quantitative estimate of drug-likeness (QED) is 0.700. The van der Waals surface area contributed by atoms with E-state index in [2.05, 4.69) is 34.5 Å². The SMILES string of the molecule is Cc1ccc2c(c1)C(=O)N(CCC(=O)NCC1CCCCN1Cc1ccccc1)C2=O. The van der Waals surface area contributed by atoms with Crippen LogP contribution in [-0.4, -0.2) is 53.2 Å². The Kier molecular flexibility index (Phi) is 6.47. The zero-order valence-corrected chi connectivity index (χ0v) is 18.0. The number of fused-ring (bicyclic) bond motifs is 1. The van der Waals surface area contributed by atoms with Crippen molar-refractivity contribution in [1.82, 2.24) is 15.1 Å². The summed E-state index contributed by atoms with van der Waals surface area (Å²) in [6, 6.07) is 15.9. The average Bonchev–Trinajstić information content (AvgIpc) is 3.01. The predicted octanol–water partition coefficient (Wildman–Crippen LogP) is 3.15. The number of aryl methyl sites for hydroxylation is 1. The Balaban J connectivity index is 1.28. The lowest BCUT2D eigenvalue weighted by Gasteiger charge is -2.36. The zero-order valence-electron chi connectivity index (χ0n) is 18.0. The van der Waals surface area contributed by atoms with E-state index in [1.807, 2.05) is 19.1 Å². The van der Waals surface area contributed by atoms with Gasteiger partial charge in [0.15, 0.2) is 0 Å². The van der Waals surface area contributed by atoms with Crippen molar-refractivity contribution in [3.63, 3.8) is 0 Å². The van der Waals surface area contributed by atoms with Gasteiger partial charge < -0.3 is 5.32 Å². The van der Waals surface area contributed by atoms with Crippen LogP contribution in [0.2, 0.25) is 0 Å². The van der Waals surface area contributed by atoms with Gasteiger partial charge in [-0.1, -0.05) is 48.4 Å². The molecule has 0 bridgehead atoms. The average molecular weight is 420 g/mol. The number of hydrogen-bond donors (Lipinski definition) is 1. The number of rotatable bonds is 7. The minimum atomic E-state index is -0.311. The van der Waals surface area contributed by atoms with Crippen LogP contribution >= 0.6 is 0 Å². The van der Waals surface area contributed by atoms with Gasteiger partial charge in [-0.2, -0.15) is 0 Å². The summed E-state index contributed by atoms with van der Waals surface area (Å²) in [5, 5.41) is 3.02. The molecule has 6 nitrogen and oxygen atoms in total. The van der Waals surface area contributed by atoms with E-state index < -0.39 is 0 Å². The number of hydrogen-bond acceptors (Lipinski definition) is 4. The summed E-state index contributed by atoms with van der Waals surface area (Å²) in [6.07, 6.45) is 3.53. The summed E-state index contributed by atoms with van der Waals surface area (Å²) in [4.78, 5) is 41.2. The van der Waals surface area contributed by atoms with Crippen LogP contribution in [0.4, 0.5) is 0 Å². The lowest BCUT2D eigenvalue weighted by atomic mass is 10.0. The number of piperidine rings is 1. The highest BCUT2D eigenvalue weighted by molar-refractivity contribution is 6.21. The molecule has 0 aromatic heterocycles. The molecule has 0 aliphatic carbocycles. The van der Waals surface area contributed by atoms with Crippen LogP contribution < -0.4 is 5.32 Å². The molecule has 2 aliphatic heterocycles. The largest absolute Gasteiger partial charge is 0.354 e. The fourth-order valence-corrected chi connectivity index (χ4v) is 4.46. The molecule has 0 saturated carbocycles. The second kappa shape index (κ2) is 9.43. The van der Waals surface area contributed by atoms with Crippen molar-refractivity contribution in [2.75, 3.05) is 19.6 Å². The van der Waals surface area contributed by atoms with Crippen molar-refractivity contribution in [1.29, 1.82) is 0 Å². The number of likely N-dealkylation sites (tertiary alicyclic amines) is 1. The molecule has 1 unspecified atom stereocenters. The molecule has 2 aromatic carbocycles. The summed E-state index contributed by atoms with van der Waals surface area (Å²) in [7, 11) is 0. The Hall–Kier alpha value is -2.99. The Bertz CT molecular complexity index is 973. The maximum absolute atomic E-state index is 12.6. The lowest BCUT2D eigenvalue weighted by Crippen LogP contribution is -2.46. The molecule has 6 heteroatoms. The summed E-state index contributed by atoms with van der Waals surface area (Å²) in [5.74, 6) is -0.745. The Morgan fingerprint density at radius 3 is 2.61 bits per heavy atom. The smallest absolute Gasteiger partial charge is 0.261 e. The minimum absolute atomic E-state index is 0.107. The molecule has 2 aromatic rings. The molecular formula is C25H29N3O3. The molecule has 1 N–H and O–H groups in total. The standard InChI is InChI=1S/C25H29N3O3/c1-18-10-11-21-22(15-18)25(31)28(24(21)30)14-12-23(29)26-16-20-9-5-6-13-27(20)17-19-7-3-2-4-8-19/h2-4,7-8,10-11,15,20H,5-6,9,12-14,16-17H2,1H3,(H,26,29).